The van der Waals surface area contributed by atoms with E-state index < -0.39 is 0 Å². The topological polar surface area (TPSA) is 65.4 Å². The van der Waals surface area contributed by atoms with Crippen LogP contribution in [0.1, 0.15) is 34.7 Å². The lowest BCUT2D eigenvalue weighted by Crippen LogP contribution is -2.37. The highest BCUT2D eigenvalue weighted by Gasteiger charge is 2.42. The van der Waals surface area contributed by atoms with Gasteiger partial charge in [0, 0.05) is 48.7 Å². The van der Waals surface area contributed by atoms with E-state index in [2.05, 4.69) is 69.3 Å². The average Bonchev–Trinajstić information content (AvgIpc) is 3.39. The fourth-order valence-corrected chi connectivity index (χ4v) is 5.48. The quantitative estimate of drug-likeness (QED) is 0.326. The average molecular weight is 525 g/mol. The minimum atomic E-state index is -0.208. The number of hydrogen-bond acceptors (Lipinski definition) is 4. The lowest BCUT2D eigenvalue weighted by Gasteiger charge is -2.27. The maximum Gasteiger partial charge on any atom is 0.244 e. The van der Waals surface area contributed by atoms with Crippen LogP contribution in [0.5, 0.6) is 0 Å². The zero-order valence-electron chi connectivity index (χ0n) is 22.1. The van der Waals surface area contributed by atoms with Crippen LogP contribution in [-0.2, 0) is 4.79 Å². The molecule has 38 heavy (non-hydrogen) atoms. The first-order valence-electron chi connectivity index (χ1n) is 12.6. The van der Waals surface area contributed by atoms with Crippen molar-refractivity contribution in [1.82, 2.24) is 19.8 Å². The predicted molar refractivity (Wildman–Crippen MR) is 157 cm³/mol. The van der Waals surface area contributed by atoms with E-state index in [4.69, 9.17) is 12.2 Å². The smallest absolute Gasteiger partial charge is 0.244 e. The Kier molecular flexibility index (Phi) is 7.15. The zero-order chi connectivity index (χ0) is 26.8. The molecule has 0 saturated carbocycles. The van der Waals surface area contributed by atoms with Crippen LogP contribution in [0.15, 0.2) is 85.1 Å². The van der Waals surface area contributed by atoms with Gasteiger partial charge in [-0.25, -0.2) is 0 Å². The van der Waals surface area contributed by atoms with Gasteiger partial charge in [0.1, 0.15) is 6.54 Å². The van der Waals surface area contributed by atoms with Crippen molar-refractivity contribution in [2.75, 3.05) is 30.9 Å². The Morgan fingerprint density at radius 3 is 2.39 bits per heavy atom. The highest BCUT2D eigenvalue weighted by atomic mass is 32.1. The molecule has 0 spiro atoms. The number of nitrogens with one attached hydrogen (secondary N) is 2. The van der Waals surface area contributed by atoms with Crippen LogP contribution in [0.3, 0.4) is 0 Å². The Morgan fingerprint density at radius 2 is 1.74 bits per heavy atom. The molecule has 4 aromatic rings. The molecule has 5 rings (SSSR count). The fraction of sp³-hybridized carbons (Fsp3) is 0.233. The third kappa shape index (κ3) is 4.99. The van der Waals surface area contributed by atoms with Crippen molar-refractivity contribution in [3.63, 3.8) is 0 Å². The third-order valence-electron chi connectivity index (χ3n) is 6.98. The second-order valence-corrected chi connectivity index (χ2v) is 10.1. The second kappa shape index (κ2) is 10.7. The van der Waals surface area contributed by atoms with Crippen LogP contribution in [0.25, 0.3) is 5.69 Å². The first kappa shape index (κ1) is 25.5. The van der Waals surface area contributed by atoms with Gasteiger partial charge in [0.25, 0.3) is 0 Å². The van der Waals surface area contributed by atoms with E-state index in [1.807, 2.05) is 67.5 Å². The number of amides is 1. The Morgan fingerprint density at radius 1 is 1.03 bits per heavy atom. The summed E-state index contributed by atoms with van der Waals surface area (Å²) in [6, 6.07) is 25.7. The summed E-state index contributed by atoms with van der Waals surface area (Å²) in [5, 5.41) is 6.98. The molecule has 0 aliphatic carbocycles. The molecular formula is C30H32N6OS. The number of aromatic nitrogens is 2. The number of para-hydroxylation sites is 1. The molecule has 2 N–H and O–H groups in total. The zero-order valence-corrected chi connectivity index (χ0v) is 22.9. The summed E-state index contributed by atoms with van der Waals surface area (Å²) in [5.74, 6) is -0.125. The van der Waals surface area contributed by atoms with E-state index in [1.54, 1.807) is 6.20 Å². The molecule has 0 bridgehead atoms. The Bertz CT molecular complexity index is 1430. The van der Waals surface area contributed by atoms with E-state index in [9.17, 15) is 4.79 Å². The molecule has 2 aromatic heterocycles. The number of anilines is 2. The number of pyridine rings is 1. The standard InChI is InChI=1S/C30H32N6OS/c1-20-18-25(21(2)36(20)24-15-13-23(14-16-24)34(3)4)29-28(26-12-8-9-17-31-26)33-30(38)35(29)19-27(37)32-22-10-6-5-7-11-22/h5-18,28-29H,19H2,1-4H3,(H,32,37)(H,33,38). The number of benzene rings is 2. The van der Waals surface area contributed by atoms with Gasteiger partial charge in [-0.2, -0.15) is 0 Å². The first-order valence-corrected chi connectivity index (χ1v) is 13.0. The highest BCUT2D eigenvalue weighted by Crippen LogP contribution is 2.41. The van der Waals surface area contributed by atoms with Crippen LogP contribution in [-0.4, -0.2) is 46.1 Å². The van der Waals surface area contributed by atoms with Crippen LogP contribution in [0, 0.1) is 13.8 Å². The van der Waals surface area contributed by atoms with Gasteiger partial charge < -0.3 is 25.0 Å². The molecule has 1 fully saturated rings. The van der Waals surface area contributed by atoms with E-state index in [0.29, 0.717) is 5.11 Å². The molecule has 2 aromatic carbocycles. The van der Waals surface area contributed by atoms with E-state index >= 15 is 0 Å². The van der Waals surface area contributed by atoms with Gasteiger partial charge in [0.05, 0.1) is 17.8 Å². The molecule has 194 valence electrons. The molecule has 1 amide bonds. The fourth-order valence-electron chi connectivity index (χ4n) is 5.18. The van der Waals surface area contributed by atoms with Crippen molar-refractivity contribution < 1.29 is 4.79 Å². The second-order valence-electron chi connectivity index (χ2n) is 9.74. The number of hydrogen-bond donors (Lipinski definition) is 2. The van der Waals surface area contributed by atoms with Gasteiger partial charge >= 0.3 is 0 Å². The number of aryl methyl sites for hydroxylation is 1. The summed E-state index contributed by atoms with van der Waals surface area (Å²) < 4.78 is 2.26. The highest BCUT2D eigenvalue weighted by molar-refractivity contribution is 7.80. The van der Waals surface area contributed by atoms with Crippen molar-refractivity contribution in [2.24, 2.45) is 0 Å². The number of carbonyl (C=O) groups excluding carboxylic acids is 1. The van der Waals surface area contributed by atoms with Crippen molar-refractivity contribution in [3.8, 4) is 5.69 Å². The lowest BCUT2D eigenvalue weighted by molar-refractivity contribution is -0.116. The molecule has 1 aliphatic heterocycles. The maximum absolute atomic E-state index is 13.1. The molecule has 0 radical (unpaired) electrons. The summed E-state index contributed by atoms with van der Waals surface area (Å²) in [6.07, 6.45) is 1.79. The van der Waals surface area contributed by atoms with Crippen LogP contribution in [0.4, 0.5) is 11.4 Å². The normalized spacial score (nSPS) is 16.8. The lowest BCUT2D eigenvalue weighted by atomic mass is 9.96. The van der Waals surface area contributed by atoms with Crippen molar-refractivity contribution >= 4 is 34.6 Å². The molecule has 8 heteroatoms. The summed E-state index contributed by atoms with van der Waals surface area (Å²) in [6.45, 7) is 4.36. The van der Waals surface area contributed by atoms with Crippen LogP contribution >= 0.6 is 12.2 Å². The number of nitrogens with zero attached hydrogens (tertiary/aromatic N) is 4. The maximum atomic E-state index is 13.1. The SMILES string of the molecule is Cc1cc(C2C(c3ccccn3)NC(=S)N2CC(=O)Nc2ccccc2)c(C)n1-c1ccc(N(C)C)cc1. The van der Waals surface area contributed by atoms with Gasteiger partial charge in [-0.3, -0.25) is 9.78 Å². The van der Waals surface area contributed by atoms with Crippen molar-refractivity contribution in [1.29, 1.82) is 0 Å². The predicted octanol–water partition coefficient (Wildman–Crippen LogP) is 5.17. The number of rotatable bonds is 7. The Balaban J connectivity index is 1.52. The number of carbonyl (C=O) groups is 1. The number of thiocarbonyl (C=S) groups is 1. The van der Waals surface area contributed by atoms with Gasteiger partial charge in [0.2, 0.25) is 5.91 Å². The van der Waals surface area contributed by atoms with Crippen LogP contribution in [0.2, 0.25) is 0 Å². The Hall–Kier alpha value is -4.17. The Labute approximate surface area is 229 Å². The summed E-state index contributed by atoms with van der Waals surface area (Å²) in [5.41, 5.74) is 7.20. The van der Waals surface area contributed by atoms with Gasteiger partial charge in [0.15, 0.2) is 5.11 Å². The van der Waals surface area contributed by atoms with E-state index in [-0.39, 0.29) is 24.5 Å². The summed E-state index contributed by atoms with van der Waals surface area (Å²) >= 11 is 5.79. The van der Waals surface area contributed by atoms with E-state index in [0.717, 1.165) is 39.7 Å². The van der Waals surface area contributed by atoms with Crippen LogP contribution < -0.4 is 15.5 Å². The molecular weight excluding hydrogens is 492 g/mol. The molecule has 1 saturated heterocycles. The largest absolute Gasteiger partial charge is 0.378 e. The monoisotopic (exact) mass is 524 g/mol. The van der Waals surface area contributed by atoms with Gasteiger partial charge in [-0.15, -0.1) is 0 Å². The first-order chi connectivity index (χ1) is 18.3. The molecule has 3 heterocycles. The third-order valence-corrected chi connectivity index (χ3v) is 7.33. The molecule has 2 atom stereocenters. The van der Waals surface area contributed by atoms with E-state index in [1.165, 1.54) is 0 Å². The van der Waals surface area contributed by atoms with Gasteiger partial charge in [-0.1, -0.05) is 24.3 Å². The summed E-state index contributed by atoms with van der Waals surface area (Å²) in [7, 11) is 4.07. The summed E-state index contributed by atoms with van der Waals surface area (Å²) in [4.78, 5) is 21.8. The van der Waals surface area contributed by atoms with Gasteiger partial charge in [-0.05, 0) is 86.2 Å². The molecule has 7 nitrogen and oxygen atoms in total. The van der Waals surface area contributed by atoms with Crippen molar-refractivity contribution in [2.45, 2.75) is 25.9 Å². The minimum absolute atomic E-state index is 0.121. The molecule has 2 unspecified atom stereocenters. The van der Waals surface area contributed by atoms with Crippen molar-refractivity contribution in [3.05, 3.63) is 108 Å². The minimum Gasteiger partial charge on any atom is -0.378 e. The molecule has 1 aliphatic rings.